The number of hydrogen-bond acceptors (Lipinski definition) is 8. The average Bonchev–Trinajstić information content (AvgIpc) is 3.15. The van der Waals surface area contributed by atoms with Crippen LogP contribution in [0.5, 0.6) is 0 Å². The Bertz CT molecular complexity index is 973. The van der Waals surface area contributed by atoms with E-state index in [0.717, 1.165) is 73.2 Å². The SMILES string of the molecule is COCCc1nc2c(N)nc3ccccc3c2n1CCCCNSN1CCSCC1. The van der Waals surface area contributed by atoms with E-state index in [-0.39, 0.29) is 0 Å². The molecule has 3 aromatic rings. The molecule has 1 aliphatic rings. The molecule has 0 saturated carbocycles. The molecule has 0 spiro atoms. The highest BCUT2D eigenvalue weighted by molar-refractivity contribution is 7.99. The van der Waals surface area contributed by atoms with Gasteiger partial charge in [-0.2, -0.15) is 11.8 Å². The fourth-order valence-electron chi connectivity index (χ4n) is 3.77. The third kappa shape index (κ3) is 5.03. The number of hydrogen-bond donors (Lipinski definition) is 2. The fourth-order valence-corrected chi connectivity index (χ4v) is 5.69. The Labute approximate surface area is 186 Å². The number of unbranched alkanes of at least 4 members (excludes halogenated alkanes) is 1. The van der Waals surface area contributed by atoms with Crippen LogP contribution in [0, 0.1) is 0 Å². The second-order valence-corrected chi connectivity index (χ2v) is 9.58. The van der Waals surface area contributed by atoms with Crippen LogP contribution in [0.15, 0.2) is 24.3 Å². The van der Waals surface area contributed by atoms with Crippen LogP contribution in [0.4, 0.5) is 5.82 Å². The third-order valence-corrected chi connectivity index (χ3v) is 7.19. The second-order valence-electron chi connectivity index (χ2n) is 7.37. The number of para-hydroxylation sites is 1. The standard InChI is InChI=1S/C21H30N6OS2/c1-28-13-8-18-25-19-20(16-6-2-3-7-17(16)24-21(19)22)27(18)10-5-4-9-23-30-26-11-14-29-15-12-26/h2-3,6-7,23H,4-5,8-15H2,1H3,(H2,22,24). The normalized spacial score (nSPS) is 15.4. The first-order valence-corrected chi connectivity index (χ1v) is 12.5. The molecule has 1 fully saturated rings. The van der Waals surface area contributed by atoms with Gasteiger partial charge in [0.15, 0.2) is 5.82 Å². The van der Waals surface area contributed by atoms with Crippen molar-refractivity contribution in [3.8, 4) is 0 Å². The molecular formula is C21H30N6OS2. The van der Waals surface area contributed by atoms with Gasteiger partial charge >= 0.3 is 0 Å². The predicted molar refractivity (Wildman–Crippen MR) is 129 cm³/mol. The molecule has 9 heteroatoms. The minimum atomic E-state index is 0.499. The maximum absolute atomic E-state index is 6.26. The molecule has 3 N–H and O–H groups in total. The minimum absolute atomic E-state index is 0.499. The Balaban J connectivity index is 1.45. The monoisotopic (exact) mass is 446 g/mol. The van der Waals surface area contributed by atoms with E-state index in [9.17, 15) is 0 Å². The Hall–Kier alpha value is -1.52. The molecular weight excluding hydrogens is 416 g/mol. The van der Waals surface area contributed by atoms with E-state index < -0.39 is 0 Å². The first kappa shape index (κ1) is 21.7. The topological polar surface area (TPSA) is 81.2 Å². The number of methoxy groups -OCH3 is 1. The summed E-state index contributed by atoms with van der Waals surface area (Å²) in [5.74, 6) is 3.99. The van der Waals surface area contributed by atoms with Gasteiger partial charge in [-0.05, 0) is 18.9 Å². The zero-order valence-electron chi connectivity index (χ0n) is 17.5. The molecule has 1 saturated heterocycles. The van der Waals surface area contributed by atoms with Crippen LogP contribution in [-0.4, -0.2) is 63.7 Å². The quantitative estimate of drug-likeness (QED) is 0.363. The molecule has 1 aliphatic heterocycles. The van der Waals surface area contributed by atoms with E-state index in [0.29, 0.717) is 12.4 Å². The molecule has 3 heterocycles. The zero-order chi connectivity index (χ0) is 20.8. The third-order valence-electron chi connectivity index (χ3n) is 5.29. The molecule has 7 nitrogen and oxygen atoms in total. The lowest BCUT2D eigenvalue weighted by atomic mass is 10.2. The number of imidazole rings is 1. The van der Waals surface area contributed by atoms with Crippen molar-refractivity contribution in [1.82, 2.24) is 23.6 Å². The highest BCUT2D eigenvalue weighted by Crippen LogP contribution is 2.29. The maximum Gasteiger partial charge on any atom is 0.152 e. The molecule has 0 amide bonds. The summed E-state index contributed by atoms with van der Waals surface area (Å²) in [6.45, 7) is 4.87. The lowest BCUT2D eigenvalue weighted by Crippen LogP contribution is -2.29. The lowest BCUT2D eigenvalue weighted by Gasteiger charge is -2.24. The number of ether oxygens (including phenoxy) is 1. The number of nitrogens with two attached hydrogens (primary N) is 1. The fraction of sp³-hybridized carbons (Fsp3) is 0.524. The van der Waals surface area contributed by atoms with E-state index in [4.69, 9.17) is 15.5 Å². The summed E-state index contributed by atoms with van der Waals surface area (Å²) in [4.78, 5) is 9.40. The molecule has 2 aromatic heterocycles. The van der Waals surface area contributed by atoms with Gasteiger partial charge < -0.3 is 15.0 Å². The van der Waals surface area contributed by atoms with Crippen LogP contribution in [0.25, 0.3) is 21.9 Å². The minimum Gasteiger partial charge on any atom is -0.384 e. The highest BCUT2D eigenvalue weighted by Gasteiger charge is 2.17. The van der Waals surface area contributed by atoms with E-state index in [1.165, 1.54) is 11.5 Å². The maximum atomic E-state index is 6.26. The Kier molecular flexibility index (Phi) is 7.72. The van der Waals surface area contributed by atoms with Crippen molar-refractivity contribution in [1.29, 1.82) is 0 Å². The van der Waals surface area contributed by atoms with Gasteiger partial charge in [-0.3, -0.25) is 4.72 Å². The van der Waals surface area contributed by atoms with Gasteiger partial charge in [0.05, 0.1) is 17.6 Å². The largest absolute Gasteiger partial charge is 0.384 e. The first-order chi connectivity index (χ1) is 14.8. The number of pyridine rings is 1. The molecule has 1 aromatic carbocycles. The molecule has 0 atom stereocenters. The van der Waals surface area contributed by atoms with E-state index in [1.807, 2.05) is 30.0 Å². The summed E-state index contributed by atoms with van der Waals surface area (Å²) >= 11 is 3.82. The number of nitrogens with zero attached hydrogens (tertiary/aromatic N) is 4. The predicted octanol–water partition coefficient (Wildman–Crippen LogP) is 3.34. The van der Waals surface area contributed by atoms with Gasteiger partial charge in [-0.15, -0.1) is 0 Å². The number of nitrogen functional groups attached to an aromatic ring is 1. The lowest BCUT2D eigenvalue weighted by molar-refractivity contribution is 0.199. The van der Waals surface area contributed by atoms with Crippen molar-refractivity contribution in [2.75, 3.05) is 50.6 Å². The van der Waals surface area contributed by atoms with Crippen LogP contribution < -0.4 is 10.5 Å². The summed E-state index contributed by atoms with van der Waals surface area (Å²) in [5, 5.41) is 1.11. The van der Waals surface area contributed by atoms with Crippen molar-refractivity contribution in [2.45, 2.75) is 25.8 Å². The summed E-state index contributed by atoms with van der Waals surface area (Å²) in [6.07, 6.45) is 2.95. The molecule has 0 radical (unpaired) electrons. The van der Waals surface area contributed by atoms with Crippen molar-refractivity contribution in [3.05, 3.63) is 30.1 Å². The van der Waals surface area contributed by atoms with E-state index >= 15 is 0 Å². The molecule has 0 unspecified atom stereocenters. The van der Waals surface area contributed by atoms with Gasteiger partial charge in [0.25, 0.3) is 0 Å². The number of benzene rings is 1. The van der Waals surface area contributed by atoms with Crippen LogP contribution in [-0.2, 0) is 17.7 Å². The van der Waals surface area contributed by atoms with E-state index in [2.05, 4.69) is 24.6 Å². The summed E-state index contributed by atoms with van der Waals surface area (Å²) < 4.78 is 13.6. The number of aromatic nitrogens is 3. The number of fused-ring (bicyclic) bond motifs is 3. The number of nitrogens with one attached hydrogen (secondary N) is 1. The van der Waals surface area contributed by atoms with Crippen LogP contribution in [0.3, 0.4) is 0 Å². The van der Waals surface area contributed by atoms with E-state index in [1.54, 1.807) is 19.2 Å². The van der Waals surface area contributed by atoms with Crippen LogP contribution >= 0.6 is 23.9 Å². The van der Waals surface area contributed by atoms with Crippen molar-refractivity contribution in [2.24, 2.45) is 0 Å². The van der Waals surface area contributed by atoms with Crippen LogP contribution in [0.2, 0.25) is 0 Å². The van der Waals surface area contributed by atoms with Gasteiger partial charge in [-0.1, -0.05) is 18.2 Å². The van der Waals surface area contributed by atoms with Gasteiger partial charge in [0.1, 0.15) is 11.3 Å². The first-order valence-electron chi connectivity index (χ1n) is 10.5. The number of aryl methyl sites for hydroxylation is 1. The summed E-state index contributed by atoms with van der Waals surface area (Å²) in [7, 11) is 1.72. The Morgan fingerprint density at radius 3 is 2.87 bits per heavy atom. The number of thioether (sulfide) groups is 1. The van der Waals surface area contributed by atoms with Crippen LogP contribution in [0.1, 0.15) is 18.7 Å². The second kappa shape index (κ2) is 10.7. The number of anilines is 1. The van der Waals surface area contributed by atoms with Gasteiger partial charge in [-0.25, -0.2) is 14.3 Å². The van der Waals surface area contributed by atoms with Crippen molar-refractivity contribution in [3.63, 3.8) is 0 Å². The molecule has 0 bridgehead atoms. The van der Waals surface area contributed by atoms with Gasteiger partial charge in [0, 0.05) is 68.7 Å². The highest BCUT2D eigenvalue weighted by atomic mass is 32.2. The smallest absolute Gasteiger partial charge is 0.152 e. The van der Waals surface area contributed by atoms with Crippen molar-refractivity contribution >= 4 is 51.7 Å². The Morgan fingerprint density at radius 1 is 1.20 bits per heavy atom. The average molecular weight is 447 g/mol. The molecule has 0 aliphatic carbocycles. The molecule has 30 heavy (non-hydrogen) atoms. The Morgan fingerprint density at radius 2 is 2.03 bits per heavy atom. The summed E-state index contributed by atoms with van der Waals surface area (Å²) in [5.41, 5.74) is 9.07. The number of rotatable bonds is 10. The molecule has 162 valence electrons. The van der Waals surface area contributed by atoms with Gasteiger partial charge in [0.2, 0.25) is 0 Å². The summed E-state index contributed by atoms with van der Waals surface area (Å²) in [6, 6.07) is 8.17. The molecule has 4 rings (SSSR count). The zero-order valence-corrected chi connectivity index (χ0v) is 19.1. The van der Waals surface area contributed by atoms with Crippen molar-refractivity contribution < 1.29 is 4.74 Å².